The molecule has 0 aromatic carbocycles. The van der Waals surface area contributed by atoms with Crippen LogP contribution in [0.25, 0.3) is 0 Å². The normalized spacial score (nSPS) is 43.6. The van der Waals surface area contributed by atoms with Crippen LogP contribution in [-0.4, -0.2) is 22.4 Å². The van der Waals surface area contributed by atoms with E-state index in [2.05, 4.69) is 38.7 Å². The second kappa shape index (κ2) is 9.57. The molecule has 3 aliphatic carbocycles. The van der Waals surface area contributed by atoms with Gasteiger partial charge in [0, 0.05) is 14.6 Å². The molecule has 3 rings (SSSR count). The van der Waals surface area contributed by atoms with Crippen molar-refractivity contribution in [3.05, 3.63) is 47.6 Å². The summed E-state index contributed by atoms with van der Waals surface area (Å²) in [5.41, 5.74) is 3.20. The maximum atomic E-state index is 10.2. The van der Waals surface area contributed by atoms with Crippen LogP contribution >= 0.6 is 0 Å². The molecule has 3 saturated carbocycles. The van der Waals surface area contributed by atoms with Crippen molar-refractivity contribution in [1.29, 1.82) is 0 Å². The van der Waals surface area contributed by atoms with Crippen LogP contribution in [0, 0.1) is 35.0 Å². The first-order chi connectivity index (χ1) is 16.6. The standard InChI is InChI=1S/C28H44O2/c1-18(2)19(3)9-10-20(4)25-13-14-26-22(8-7-15-28(25,26)6)11-12-23-16-24(29)17-27(30)21(23)5/h9-12,18-20,24-27,29-30H,5,7-8,13-17H2,1-4,6H3/b10-9+,22-11+,23-12-/t19-,20+,24+,25+,26-,27-,28+/m0/s1/i1D3,2D3. The summed E-state index contributed by atoms with van der Waals surface area (Å²) in [6.45, 7) is 5.22. The van der Waals surface area contributed by atoms with Gasteiger partial charge in [-0.1, -0.05) is 70.9 Å². The van der Waals surface area contributed by atoms with Gasteiger partial charge in [-0.15, -0.1) is 0 Å². The van der Waals surface area contributed by atoms with Gasteiger partial charge in [-0.2, -0.15) is 0 Å². The Balaban J connectivity index is 1.76. The number of hydrogen-bond acceptors (Lipinski definition) is 2. The van der Waals surface area contributed by atoms with E-state index in [1.54, 1.807) is 6.92 Å². The molecule has 0 saturated heterocycles. The first kappa shape index (κ1) is 16.5. The molecule has 2 N–H and O–H groups in total. The quantitative estimate of drug-likeness (QED) is 0.493. The van der Waals surface area contributed by atoms with Crippen LogP contribution in [0.15, 0.2) is 47.6 Å². The van der Waals surface area contributed by atoms with Gasteiger partial charge < -0.3 is 10.2 Å². The average molecular weight is 419 g/mol. The third kappa shape index (κ3) is 4.86. The average Bonchev–Trinajstić information content (AvgIpc) is 3.09. The van der Waals surface area contributed by atoms with Gasteiger partial charge in [-0.3, -0.25) is 0 Å². The highest BCUT2D eigenvalue weighted by molar-refractivity contribution is 5.38. The Kier molecular flexibility index (Phi) is 5.26. The lowest BCUT2D eigenvalue weighted by atomic mass is 9.61. The van der Waals surface area contributed by atoms with Gasteiger partial charge >= 0.3 is 0 Å². The van der Waals surface area contributed by atoms with Crippen molar-refractivity contribution in [2.24, 2.45) is 35.0 Å². The minimum absolute atomic E-state index is 0.131. The molecule has 0 aromatic rings. The Hall–Kier alpha value is -1.12. The van der Waals surface area contributed by atoms with E-state index in [-0.39, 0.29) is 11.3 Å². The van der Waals surface area contributed by atoms with Crippen LogP contribution in [0.1, 0.15) is 87.6 Å². The molecule has 0 bridgehead atoms. The molecule has 0 unspecified atom stereocenters. The largest absolute Gasteiger partial charge is 0.393 e. The molecule has 3 fully saturated rings. The number of aliphatic hydroxyl groups is 2. The summed E-state index contributed by atoms with van der Waals surface area (Å²) < 4.78 is 46.5. The van der Waals surface area contributed by atoms with Gasteiger partial charge in [0.2, 0.25) is 0 Å². The Morgan fingerprint density at radius 2 is 1.93 bits per heavy atom. The predicted molar refractivity (Wildman–Crippen MR) is 127 cm³/mol. The molecule has 30 heavy (non-hydrogen) atoms. The van der Waals surface area contributed by atoms with Crippen molar-refractivity contribution >= 4 is 0 Å². The molecule has 0 spiro atoms. The van der Waals surface area contributed by atoms with Gasteiger partial charge in [0.1, 0.15) is 0 Å². The lowest BCUT2D eigenvalue weighted by molar-refractivity contribution is 0.0862. The van der Waals surface area contributed by atoms with Crippen molar-refractivity contribution in [2.45, 2.75) is 91.6 Å². The van der Waals surface area contributed by atoms with E-state index >= 15 is 0 Å². The Morgan fingerprint density at radius 1 is 1.17 bits per heavy atom. The van der Waals surface area contributed by atoms with Crippen molar-refractivity contribution in [3.8, 4) is 0 Å². The summed E-state index contributed by atoms with van der Waals surface area (Å²) >= 11 is 0. The molecule has 168 valence electrons. The Morgan fingerprint density at radius 3 is 2.67 bits per heavy atom. The fourth-order valence-electron chi connectivity index (χ4n) is 6.20. The molecular weight excluding hydrogens is 368 g/mol. The van der Waals surface area contributed by atoms with Crippen LogP contribution in [0.3, 0.4) is 0 Å². The molecule has 0 amide bonds. The highest BCUT2D eigenvalue weighted by Crippen LogP contribution is 2.59. The van der Waals surface area contributed by atoms with E-state index in [1.807, 2.05) is 6.08 Å². The monoisotopic (exact) mass is 418 g/mol. The second-order valence-corrected chi connectivity index (χ2v) is 10.2. The Bertz CT molecular complexity index is 885. The number of aliphatic hydroxyl groups excluding tert-OH is 2. The molecule has 0 radical (unpaired) electrons. The highest BCUT2D eigenvalue weighted by Gasteiger charge is 2.50. The third-order valence-corrected chi connectivity index (χ3v) is 8.18. The minimum atomic E-state index is -2.53. The number of rotatable bonds is 5. The van der Waals surface area contributed by atoms with E-state index in [0.717, 1.165) is 37.7 Å². The molecule has 0 heterocycles. The summed E-state index contributed by atoms with van der Waals surface area (Å²) in [5.74, 6) is -0.818. The van der Waals surface area contributed by atoms with Crippen LogP contribution in [0.4, 0.5) is 0 Å². The van der Waals surface area contributed by atoms with E-state index < -0.39 is 37.7 Å². The summed E-state index contributed by atoms with van der Waals surface area (Å²) in [6.07, 6.45) is 13.3. The van der Waals surface area contributed by atoms with E-state index in [1.165, 1.54) is 5.57 Å². The van der Waals surface area contributed by atoms with Crippen LogP contribution in [0.5, 0.6) is 0 Å². The summed E-state index contributed by atoms with van der Waals surface area (Å²) in [7, 11) is 0. The zero-order valence-corrected chi connectivity index (χ0v) is 18.9. The van der Waals surface area contributed by atoms with Crippen molar-refractivity contribution in [1.82, 2.24) is 0 Å². The smallest absolute Gasteiger partial charge is 0.0811 e. The van der Waals surface area contributed by atoms with E-state index in [4.69, 9.17) is 8.22 Å². The molecule has 0 aromatic heterocycles. The topological polar surface area (TPSA) is 40.5 Å². The zero-order valence-electron chi connectivity index (χ0n) is 24.9. The van der Waals surface area contributed by atoms with E-state index in [0.29, 0.717) is 30.3 Å². The summed E-state index contributed by atoms with van der Waals surface area (Å²) in [4.78, 5) is 0. The zero-order chi connectivity index (χ0) is 27.1. The van der Waals surface area contributed by atoms with E-state index in [9.17, 15) is 10.2 Å². The van der Waals surface area contributed by atoms with Crippen LogP contribution in [0.2, 0.25) is 0 Å². The first-order valence-electron chi connectivity index (χ1n) is 14.7. The molecule has 2 heteroatoms. The summed E-state index contributed by atoms with van der Waals surface area (Å²) in [6, 6.07) is 0. The molecule has 2 nitrogen and oxygen atoms in total. The lowest BCUT2D eigenvalue weighted by Gasteiger charge is -2.44. The van der Waals surface area contributed by atoms with Gasteiger partial charge in [0.25, 0.3) is 0 Å². The van der Waals surface area contributed by atoms with Crippen molar-refractivity contribution < 1.29 is 18.4 Å². The van der Waals surface area contributed by atoms with Crippen LogP contribution in [-0.2, 0) is 0 Å². The number of hydrogen-bond donors (Lipinski definition) is 2. The molecular formula is C28H44O2. The first-order valence-corrected chi connectivity index (χ1v) is 11.7. The lowest BCUT2D eigenvalue weighted by Crippen LogP contribution is -2.35. The third-order valence-electron chi connectivity index (χ3n) is 8.18. The molecule has 3 aliphatic rings. The molecule has 7 atom stereocenters. The predicted octanol–water partition coefficient (Wildman–Crippen LogP) is 6.61. The minimum Gasteiger partial charge on any atom is -0.393 e. The van der Waals surface area contributed by atoms with Gasteiger partial charge in [-0.05, 0) is 84.7 Å². The summed E-state index contributed by atoms with van der Waals surface area (Å²) in [5, 5.41) is 20.2. The van der Waals surface area contributed by atoms with Gasteiger partial charge in [-0.25, -0.2) is 0 Å². The number of allylic oxidation sites excluding steroid dienone is 5. The second-order valence-electron chi connectivity index (χ2n) is 10.2. The SMILES string of the molecule is [2H]C([2H])([2H])C([C@@H](C)/C=C/[C@@H](C)[C@H]1CC[C@H]2/C(=C/C=C3/C[C@@H](O)C[C@H](O)C3=C)CCC[C@]12C)C([2H])([2H])[2H]. The maximum Gasteiger partial charge on any atom is 0.0811 e. The van der Waals surface area contributed by atoms with Gasteiger partial charge in [0.15, 0.2) is 0 Å². The Labute approximate surface area is 193 Å². The maximum absolute atomic E-state index is 10.2. The van der Waals surface area contributed by atoms with Crippen LogP contribution < -0.4 is 0 Å². The fraction of sp³-hybridized carbons (Fsp3) is 0.714. The highest BCUT2D eigenvalue weighted by atomic mass is 16.3. The number of fused-ring (bicyclic) bond motifs is 1. The molecule has 0 aliphatic heterocycles. The van der Waals surface area contributed by atoms with Crippen molar-refractivity contribution in [3.63, 3.8) is 0 Å². The fourth-order valence-corrected chi connectivity index (χ4v) is 6.20. The van der Waals surface area contributed by atoms with Crippen molar-refractivity contribution in [2.75, 3.05) is 0 Å². The van der Waals surface area contributed by atoms with Gasteiger partial charge in [0.05, 0.1) is 12.2 Å².